The van der Waals surface area contributed by atoms with Crippen molar-refractivity contribution in [2.24, 2.45) is 5.73 Å². The van der Waals surface area contributed by atoms with E-state index in [-0.39, 0.29) is 11.9 Å². The number of nitrogens with zero attached hydrogens (tertiary/aromatic N) is 2. The molecule has 1 aliphatic heterocycles. The van der Waals surface area contributed by atoms with Gasteiger partial charge in [0.15, 0.2) is 0 Å². The highest BCUT2D eigenvalue weighted by atomic mass is 79.9. The van der Waals surface area contributed by atoms with Gasteiger partial charge < -0.3 is 10.6 Å². The summed E-state index contributed by atoms with van der Waals surface area (Å²) in [7, 11) is 0. The van der Waals surface area contributed by atoms with E-state index < -0.39 is 0 Å². The van der Waals surface area contributed by atoms with Crippen molar-refractivity contribution < 1.29 is 4.79 Å². The molecular weight excluding hydrogens is 270 g/mol. The van der Waals surface area contributed by atoms with Crippen LogP contribution in [0.4, 0.5) is 0 Å². The van der Waals surface area contributed by atoms with Gasteiger partial charge in [0.25, 0.3) is 5.91 Å². The summed E-state index contributed by atoms with van der Waals surface area (Å²) in [6, 6.07) is 3.80. The number of nitrogens with two attached hydrogens (primary N) is 1. The molecule has 1 aromatic heterocycles. The number of rotatable bonds is 1. The largest absolute Gasteiger partial charge is 0.337 e. The Morgan fingerprint density at radius 3 is 2.69 bits per heavy atom. The van der Waals surface area contributed by atoms with Crippen molar-refractivity contribution in [1.82, 2.24) is 9.88 Å². The highest BCUT2D eigenvalue weighted by Crippen LogP contribution is 2.13. The van der Waals surface area contributed by atoms with Gasteiger partial charge in [-0.3, -0.25) is 4.79 Å². The van der Waals surface area contributed by atoms with Gasteiger partial charge in [-0.1, -0.05) is 0 Å². The number of carbonyl (C=O) groups is 1. The van der Waals surface area contributed by atoms with Gasteiger partial charge in [0.05, 0.1) is 0 Å². The molecule has 0 bridgehead atoms. The minimum atomic E-state index is -0.000556. The summed E-state index contributed by atoms with van der Waals surface area (Å²) in [5.74, 6) is -0.000556. The lowest BCUT2D eigenvalue weighted by Gasteiger charge is -2.29. The number of hydrogen-bond acceptors (Lipinski definition) is 3. The molecule has 0 aromatic carbocycles. The molecule has 5 heteroatoms. The van der Waals surface area contributed by atoms with Gasteiger partial charge in [-0.05, 0) is 40.9 Å². The van der Waals surface area contributed by atoms with Crippen LogP contribution in [-0.2, 0) is 0 Å². The van der Waals surface area contributed by atoms with Crippen molar-refractivity contribution in [3.8, 4) is 0 Å². The molecule has 4 nitrogen and oxygen atoms in total. The van der Waals surface area contributed by atoms with Crippen molar-refractivity contribution in [3.63, 3.8) is 0 Å². The number of hydrogen-bond donors (Lipinski definition) is 1. The molecular formula is C11H14BrN3O. The maximum Gasteiger partial charge on any atom is 0.272 e. The van der Waals surface area contributed by atoms with E-state index in [1.54, 1.807) is 12.3 Å². The fraction of sp³-hybridized carbons (Fsp3) is 0.455. The summed E-state index contributed by atoms with van der Waals surface area (Å²) in [6.07, 6.45) is 3.40. The summed E-state index contributed by atoms with van der Waals surface area (Å²) >= 11 is 3.29. The quantitative estimate of drug-likeness (QED) is 0.848. The molecule has 0 atom stereocenters. The van der Waals surface area contributed by atoms with Crippen molar-refractivity contribution in [1.29, 1.82) is 0 Å². The van der Waals surface area contributed by atoms with Gasteiger partial charge >= 0.3 is 0 Å². The first kappa shape index (κ1) is 11.5. The second-order valence-corrected chi connectivity index (χ2v) is 4.91. The molecule has 0 unspecified atom stereocenters. The van der Waals surface area contributed by atoms with Crippen molar-refractivity contribution in [3.05, 3.63) is 28.5 Å². The molecule has 0 radical (unpaired) electrons. The summed E-state index contributed by atoms with van der Waals surface area (Å²) in [6.45, 7) is 1.47. The second-order valence-electron chi connectivity index (χ2n) is 3.99. The molecule has 0 saturated carbocycles. The number of aromatic nitrogens is 1. The Bertz CT molecular complexity index is 371. The lowest BCUT2D eigenvalue weighted by molar-refractivity contribution is 0.0709. The average molecular weight is 284 g/mol. The minimum absolute atomic E-state index is 0.000556. The molecule has 1 amide bonds. The highest BCUT2D eigenvalue weighted by Gasteiger charge is 2.22. The first-order valence-corrected chi connectivity index (χ1v) is 6.12. The molecule has 16 heavy (non-hydrogen) atoms. The Morgan fingerprint density at radius 1 is 1.44 bits per heavy atom. The van der Waals surface area contributed by atoms with E-state index in [1.807, 2.05) is 11.0 Å². The van der Waals surface area contributed by atoms with Gasteiger partial charge in [-0.25, -0.2) is 4.98 Å². The van der Waals surface area contributed by atoms with Crippen LogP contribution >= 0.6 is 15.9 Å². The van der Waals surface area contributed by atoms with Crippen LogP contribution in [0.2, 0.25) is 0 Å². The Balaban J connectivity index is 2.05. The monoisotopic (exact) mass is 283 g/mol. The van der Waals surface area contributed by atoms with Crippen LogP contribution in [0.3, 0.4) is 0 Å². The highest BCUT2D eigenvalue weighted by molar-refractivity contribution is 9.10. The zero-order valence-corrected chi connectivity index (χ0v) is 10.5. The van der Waals surface area contributed by atoms with Crippen LogP contribution < -0.4 is 5.73 Å². The zero-order valence-electron chi connectivity index (χ0n) is 8.90. The second kappa shape index (κ2) is 4.93. The maximum atomic E-state index is 12.0. The molecule has 2 N–H and O–H groups in total. The molecule has 2 heterocycles. The summed E-state index contributed by atoms with van der Waals surface area (Å²) in [4.78, 5) is 17.9. The van der Waals surface area contributed by atoms with Crippen LogP contribution in [0.15, 0.2) is 22.8 Å². The molecule has 2 rings (SSSR count). The Kier molecular flexibility index (Phi) is 3.56. The molecule has 1 fully saturated rings. The third-order valence-corrected chi connectivity index (χ3v) is 3.24. The number of pyridine rings is 1. The standard InChI is InChI=1S/C11H14BrN3O/c12-8-1-2-10(14-7-8)11(16)15-5-3-9(13)4-6-15/h1-2,7,9H,3-6,13H2. The van der Waals surface area contributed by atoms with Crippen LogP contribution in [0.1, 0.15) is 23.3 Å². The van der Waals surface area contributed by atoms with Gasteiger partial charge in [0, 0.05) is 29.8 Å². The topological polar surface area (TPSA) is 59.2 Å². The fourth-order valence-corrected chi connectivity index (χ4v) is 2.00. The number of halogens is 1. The number of piperidine rings is 1. The number of amides is 1. The molecule has 86 valence electrons. The summed E-state index contributed by atoms with van der Waals surface area (Å²) in [5, 5.41) is 0. The zero-order chi connectivity index (χ0) is 11.5. The number of likely N-dealkylation sites (tertiary alicyclic amines) is 1. The van der Waals surface area contributed by atoms with Gasteiger partial charge in [0.2, 0.25) is 0 Å². The van der Waals surface area contributed by atoms with E-state index in [1.165, 1.54) is 0 Å². The Labute approximate surface area is 103 Å². The Hall–Kier alpha value is -0.940. The molecule has 1 aromatic rings. The van der Waals surface area contributed by atoms with E-state index in [0.29, 0.717) is 5.69 Å². The molecule has 1 aliphatic rings. The Morgan fingerprint density at radius 2 is 2.12 bits per heavy atom. The third kappa shape index (κ3) is 2.59. The third-order valence-electron chi connectivity index (χ3n) is 2.77. The van der Waals surface area contributed by atoms with Crippen LogP contribution in [0, 0.1) is 0 Å². The fourth-order valence-electron chi connectivity index (χ4n) is 1.77. The van der Waals surface area contributed by atoms with Crippen molar-refractivity contribution in [2.75, 3.05) is 13.1 Å². The van der Waals surface area contributed by atoms with Crippen LogP contribution in [-0.4, -0.2) is 34.9 Å². The SMILES string of the molecule is NC1CCN(C(=O)c2ccc(Br)cn2)CC1. The van der Waals surface area contributed by atoms with E-state index in [2.05, 4.69) is 20.9 Å². The summed E-state index contributed by atoms with van der Waals surface area (Å²) < 4.78 is 0.879. The lowest BCUT2D eigenvalue weighted by atomic mass is 10.1. The predicted octanol–water partition coefficient (Wildman–Crippen LogP) is 1.41. The number of carbonyl (C=O) groups excluding carboxylic acids is 1. The lowest BCUT2D eigenvalue weighted by Crippen LogP contribution is -2.43. The van der Waals surface area contributed by atoms with Crippen LogP contribution in [0.25, 0.3) is 0 Å². The van der Waals surface area contributed by atoms with E-state index in [0.717, 1.165) is 30.4 Å². The van der Waals surface area contributed by atoms with Gasteiger partial charge in [-0.2, -0.15) is 0 Å². The molecule has 0 spiro atoms. The first-order valence-electron chi connectivity index (χ1n) is 5.33. The first-order chi connectivity index (χ1) is 7.66. The van der Waals surface area contributed by atoms with Crippen molar-refractivity contribution in [2.45, 2.75) is 18.9 Å². The average Bonchev–Trinajstić information content (AvgIpc) is 2.30. The molecule has 0 aliphatic carbocycles. The van der Waals surface area contributed by atoms with Crippen molar-refractivity contribution >= 4 is 21.8 Å². The summed E-state index contributed by atoms with van der Waals surface area (Å²) in [5.41, 5.74) is 6.29. The predicted molar refractivity (Wildman–Crippen MR) is 65.0 cm³/mol. The van der Waals surface area contributed by atoms with E-state index in [9.17, 15) is 4.79 Å². The van der Waals surface area contributed by atoms with Gasteiger partial charge in [-0.15, -0.1) is 0 Å². The van der Waals surface area contributed by atoms with E-state index >= 15 is 0 Å². The minimum Gasteiger partial charge on any atom is -0.337 e. The van der Waals surface area contributed by atoms with E-state index in [4.69, 9.17) is 5.73 Å². The maximum absolute atomic E-state index is 12.0. The molecule has 1 saturated heterocycles. The normalized spacial score (nSPS) is 17.5. The van der Waals surface area contributed by atoms with Gasteiger partial charge in [0.1, 0.15) is 5.69 Å². The van der Waals surface area contributed by atoms with Crippen LogP contribution in [0.5, 0.6) is 0 Å². The smallest absolute Gasteiger partial charge is 0.272 e.